The van der Waals surface area contributed by atoms with E-state index in [0.29, 0.717) is 28.2 Å². The third-order valence-corrected chi connectivity index (χ3v) is 13.8. The summed E-state index contributed by atoms with van der Waals surface area (Å²) in [5.74, 6) is 1.26. The molecule has 0 saturated heterocycles. The predicted molar refractivity (Wildman–Crippen MR) is 300 cm³/mol. The minimum Gasteiger partial charge on any atom is -0.507 e. The average molecular weight is 1130 g/mol. The fourth-order valence-electron chi connectivity index (χ4n) is 9.67. The average Bonchev–Trinajstić information content (AvgIpc) is 3.74. The van der Waals surface area contributed by atoms with Crippen LogP contribution in [-0.2, 0) is 43.7 Å². The molecule has 0 unspecified atom stereocenters. The number of hydrogen-bond acceptors (Lipinski definition) is 3. The number of fused-ring (bicyclic) bond motifs is 1. The molecule has 0 amide bonds. The van der Waals surface area contributed by atoms with Crippen molar-refractivity contribution in [3.05, 3.63) is 203 Å². The standard InChI is InChI=1S/C67H70N3O.Pt/c1-42(2)54-36-51(65(5,6)7)37-55(43(3)4)62(54)70-60-31-23-30-53(61(60)69-64(70)57-38-52(66(8,9)10)39-58(63(57)71)67(11,12)13)48-33-47(45-26-19-15-20-27-45)34-49(35-48)59-40-56(46-28-21-16-22-29-46)50(41-68-59)32-44-24-17-14-18-25-44;/h14-31,33-34,36-43,71H,32H2,1-13H3;/q-1;/i32D2;. The van der Waals surface area contributed by atoms with Crippen LogP contribution in [0.4, 0.5) is 0 Å². The van der Waals surface area contributed by atoms with Gasteiger partial charge in [0.2, 0.25) is 0 Å². The van der Waals surface area contributed by atoms with Gasteiger partial charge in [-0.15, -0.1) is 23.8 Å². The minimum atomic E-state index is -1.82. The Hall–Kier alpha value is -6.35. The van der Waals surface area contributed by atoms with Gasteiger partial charge < -0.3 is 5.11 Å². The number of pyridine rings is 1. The molecule has 0 spiro atoms. The van der Waals surface area contributed by atoms with Crippen LogP contribution in [0, 0.1) is 6.07 Å². The number of rotatable bonds is 10. The third kappa shape index (κ3) is 10.4. The van der Waals surface area contributed by atoms with Crippen molar-refractivity contribution in [1.29, 1.82) is 0 Å². The van der Waals surface area contributed by atoms with Gasteiger partial charge in [0.15, 0.2) is 0 Å². The molecule has 4 nitrogen and oxygen atoms in total. The van der Waals surface area contributed by atoms with Crippen LogP contribution in [0.25, 0.3) is 72.7 Å². The molecule has 0 aliphatic rings. The number of phenolic OH excluding ortho intramolecular Hbond substituents is 1. The summed E-state index contributed by atoms with van der Waals surface area (Å²) in [4.78, 5) is 10.8. The predicted octanol–water partition coefficient (Wildman–Crippen LogP) is 18.0. The zero-order chi connectivity index (χ0) is 52.4. The summed E-state index contributed by atoms with van der Waals surface area (Å²) in [5.41, 5.74) is 16.5. The summed E-state index contributed by atoms with van der Waals surface area (Å²) >= 11 is 0. The topological polar surface area (TPSA) is 50.9 Å². The van der Waals surface area contributed by atoms with Crippen LogP contribution in [0.15, 0.2) is 158 Å². The first-order chi connectivity index (χ1) is 34.4. The molecule has 0 aliphatic carbocycles. The van der Waals surface area contributed by atoms with Gasteiger partial charge in [0.05, 0.1) is 22.3 Å². The SMILES string of the molecule is [2H]C([2H])(c1ccccc1)c1cnc(-c2[c-]c(-c3cccc4c3nc(-c3cc(C(C)(C)C)cc(C(C)(C)C)c3O)n4-c3c(C(C)C)cc(C(C)(C)C)cc3C(C)C)cc(-c3ccccc3)c2)cc1-c1ccccc1.[Pt]. The van der Waals surface area contributed by atoms with E-state index in [-0.39, 0.29) is 54.9 Å². The molecule has 370 valence electrons. The molecule has 2 heterocycles. The molecule has 2 aromatic heterocycles. The second-order valence-electron chi connectivity index (χ2n) is 23.0. The first-order valence-corrected chi connectivity index (χ1v) is 25.3. The van der Waals surface area contributed by atoms with Crippen LogP contribution in [0.2, 0.25) is 0 Å². The first kappa shape index (κ1) is 49.2. The Morgan fingerprint density at radius 1 is 0.569 bits per heavy atom. The zero-order valence-electron chi connectivity index (χ0n) is 46.3. The Morgan fingerprint density at radius 2 is 1.12 bits per heavy atom. The molecular formula is C67H70N3OPt-. The summed E-state index contributed by atoms with van der Waals surface area (Å²) in [6, 6.07) is 55.5. The van der Waals surface area contributed by atoms with Crippen molar-refractivity contribution in [3.8, 4) is 67.5 Å². The van der Waals surface area contributed by atoms with Crippen molar-refractivity contribution in [1.82, 2.24) is 14.5 Å². The Balaban J connectivity index is 0.00000729. The van der Waals surface area contributed by atoms with Crippen molar-refractivity contribution in [2.45, 2.75) is 124 Å². The Bertz CT molecular complexity index is 3450. The number of hydrogen-bond donors (Lipinski definition) is 1. The van der Waals surface area contributed by atoms with E-state index in [4.69, 9.17) is 9.97 Å². The van der Waals surface area contributed by atoms with E-state index < -0.39 is 6.37 Å². The van der Waals surface area contributed by atoms with E-state index in [1.807, 2.05) is 72.8 Å². The van der Waals surface area contributed by atoms with E-state index in [1.165, 1.54) is 16.7 Å². The van der Waals surface area contributed by atoms with Crippen LogP contribution in [0.3, 0.4) is 0 Å². The van der Waals surface area contributed by atoms with Crippen molar-refractivity contribution >= 4 is 11.0 Å². The number of aromatic nitrogens is 3. The van der Waals surface area contributed by atoms with Gasteiger partial charge in [-0.25, -0.2) is 4.98 Å². The van der Waals surface area contributed by atoms with Crippen molar-refractivity contribution in [2.24, 2.45) is 0 Å². The summed E-state index contributed by atoms with van der Waals surface area (Å²) in [6.45, 7) is 29.1. The van der Waals surface area contributed by atoms with Crippen LogP contribution < -0.4 is 0 Å². The number of nitrogens with zero attached hydrogens (tertiary/aromatic N) is 3. The Kier molecular flexibility index (Phi) is 13.9. The van der Waals surface area contributed by atoms with Crippen molar-refractivity contribution < 1.29 is 28.9 Å². The zero-order valence-corrected chi connectivity index (χ0v) is 46.5. The van der Waals surface area contributed by atoms with E-state index in [2.05, 4.69) is 180 Å². The number of benzene rings is 7. The largest absolute Gasteiger partial charge is 0.507 e. The molecule has 1 N–H and O–H groups in total. The van der Waals surface area contributed by atoms with Gasteiger partial charge >= 0.3 is 0 Å². The van der Waals surface area contributed by atoms with Gasteiger partial charge in [0.1, 0.15) is 11.6 Å². The second-order valence-corrected chi connectivity index (χ2v) is 23.0. The van der Waals surface area contributed by atoms with E-state index in [9.17, 15) is 7.85 Å². The normalized spacial score (nSPS) is 12.8. The van der Waals surface area contributed by atoms with E-state index in [0.717, 1.165) is 66.8 Å². The fourth-order valence-corrected chi connectivity index (χ4v) is 9.67. The fraction of sp³-hybridized carbons (Fsp3) is 0.284. The molecule has 72 heavy (non-hydrogen) atoms. The van der Waals surface area contributed by atoms with Gasteiger partial charge in [-0.3, -0.25) is 9.55 Å². The molecule has 0 bridgehead atoms. The summed E-state index contributed by atoms with van der Waals surface area (Å²) in [7, 11) is 0. The van der Waals surface area contributed by atoms with Gasteiger partial charge in [-0.05, 0) is 96.7 Å². The number of aromatic hydroxyl groups is 1. The van der Waals surface area contributed by atoms with Crippen LogP contribution in [0.5, 0.6) is 5.75 Å². The van der Waals surface area contributed by atoms with Crippen LogP contribution in [-0.4, -0.2) is 19.6 Å². The Labute approximate surface area is 446 Å². The monoisotopic (exact) mass is 1130 g/mol. The molecule has 9 aromatic rings. The maximum absolute atomic E-state index is 12.7. The maximum Gasteiger partial charge on any atom is 0.148 e. The molecule has 0 saturated carbocycles. The number of phenols is 1. The molecule has 0 radical (unpaired) electrons. The summed E-state index contributed by atoms with van der Waals surface area (Å²) in [5, 5.41) is 12.7. The second kappa shape index (κ2) is 20.3. The smallest absolute Gasteiger partial charge is 0.148 e. The van der Waals surface area contributed by atoms with Crippen molar-refractivity contribution in [2.75, 3.05) is 0 Å². The summed E-state index contributed by atoms with van der Waals surface area (Å²) < 4.78 is 21.3. The molecule has 0 aliphatic heterocycles. The molecule has 9 rings (SSSR count). The Morgan fingerprint density at radius 3 is 1.69 bits per heavy atom. The van der Waals surface area contributed by atoms with Crippen LogP contribution >= 0.6 is 0 Å². The maximum atomic E-state index is 12.7. The minimum absolute atomic E-state index is 0. The van der Waals surface area contributed by atoms with E-state index in [1.54, 1.807) is 6.20 Å². The van der Waals surface area contributed by atoms with Crippen molar-refractivity contribution in [3.63, 3.8) is 0 Å². The quantitative estimate of drug-likeness (QED) is 0.139. The van der Waals surface area contributed by atoms with Gasteiger partial charge in [-0.2, -0.15) is 0 Å². The van der Waals surface area contributed by atoms with Gasteiger partial charge in [-0.1, -0.05) is 234 Å². The van der Waals surface area contributed by atoms with Gasteiger partial charge in [0, 0.05) is 41.3 Å². The molecule has 0 atom stereocenters. The molecule has 7 aromatic carbocycles. The van der Waals surface area contributed by atoms with E-state index >= 15 is 0 Å². The third-order valence-electron chi connectivity index (χ3n) is 13.8. The number of imidazole rings is 1. The molecule has 5 heteroatoms. The molecule has 0 fully saturated rings. The molecular weight excluding hydrogens is 1060 g/mol. The van der Waals surface area contributed by atoms with Gasteiger partial charge in [0.25, 0.3) is 0 Å². The summed E-state index contributed by atoms with van der Waals surface area (Å²) in [6.07, 6.45) is -0.118. The first-order valence-electron chi connectivity index (χ1n) is 26.3. The van der Waals surface area contributed by atoms with Crippen LogP contribution in [0.1, 0.15) is 144 Å². The number of para-hydroxylation sites is 1.